The lowest BCUT2D eigenvalue weighted by atomic mass is 10.0. The predicted octanol–water partition coefficient (Wildman–Crippen LogP) is 5.18. The second kappa shape index (κ2) is 11.0. The number of nitrogens with zero attached hydrogens (tertiary/aromatic N) is 2. The highest BCUT2D eigenvalue weighted by Crippen LogP contribution is 2.37. The van der Waals surface area contributed by atoms with Gasteiger partial charge in [-0.3, -0.25) is 9.78 Å². The van der Waals surface area contributed by atoms with Crippen molar-refractivity contribution in [2.24, 2.45) is 0 Å². The molecule has 0 spiro atoms. The van der Waals surface area contributed by atoms with E-state index in [0.717, 1.165) is 22.3 Å². The summed E-state index contributed by atoms with van der Waals surface area (Å²) in [6.45, 7) is 6.58. The summed E-state index contributed by atoms with van der Waals surface area (Å²) >= 11 is 0. The molecule has 0 bridgehead atoms. The molecule has 172 valence electrons. The summed E-state index contributed by atoms with van der Waals surface area (Å²) in [4.78, 5) is 19.3. The van der Waals surface area contributed by atoms with Gasteiger partial charge in [-0.2, -0.15) is 0 Å². The maximum absolute atomic E-state index is 13.3. The minimum Gasteiger partial charge on any atom is -0.490 e. The molecule has 4 rings (SSSR count). The fourth-order valence-corrected chi connectivity index (χ4v) is 4.17. The van der Waals surface area contributed by atoms with Gasteiger partial charge < -0.3 is 19.1 Å². The minimum atomic E-state index is -0.145. The third-order valence-electron chi connectivity index (χ3n) is 5.70. The Balaban J connectivity index is 1.56. The molecule has 1 unspecified atom stereocenters. The first-order chi connectivity index (χ1) is 16.2. The van der Waals surface area contributed by atoms with Crippen LogP contribution in [0.3, 0.4) is 0 Å². The first-order valence-electron chi connectivity index (χ1n) is 11.5. The number of hydrogen-bond acceptors (Lipinski definition) is 5. The average molecular weight is 447 g/mol. The van der Waals surface area contributed by atoms with Crippen LogP contribution in [-0.4, -0.2) is 35.6 Å². The van der Waals surface area contributed by atoms with Crippen LogP contribution in [0, 0.1) is 0 Å². The van der Waals surface area contributed by atoms with E-state index in [1.807, 2.05) is 73.3 Å². The van der Waals surface area contributed by atoms with Crippen LogP contribution >= 0.6 is 0 Å². The van der Waals surface area contributed by atoms with Gasteiger partial charge in [0.15, 0.2) is 11.5 Å². The van der Waals surface area contributed by atoms with Crippen molar-refractivity contribution in [2.45, 2.75) is 39.5 Å². The number of rotatable bonds is 11. The maximum atomic E-state index is 13.3. The van der Waals surface area contributed by atoms with Gasteiger partial charge in [0.05, 0.1) is 25.9 Å². The van der Waals surface area contributed by atoms with Gasteiger partial charge in [-0.25, -0.2) is 0 Å². The number of carbonyl (C=O) groups is 1. The van der Waals surface area contributed by atoms with Gasteiger partial charge in [0.2, 0.25) is 0 Å². The highest BCUT2D eigenvalue weighted by atomic mass is 16.5. The normalized spacial score (nSPS) is 13.6. The van der Waals surface area contributed by atoms with Gasteiger partial charge >= 0.3 is 0 Å². The maximum Gasteiger partial charge on any atom is 0.255 e. The van der Waals surface area contributed by atoms with Gasteiger partial charge in [0, 0.05) is 31.1 Å². The Kier molecular flexibility index (Phi) is 7.58. The fourth-order valence-electron chi connectivity index (χ4n) is 4.17. The molecule has 0 saturated heterocycles. The van der Waals surface area contributed by atoms with Crippen LogP contribution in [0.2, 0.25) is 0 Å². The van der Waals surface area contributed by atoms with Crippen LogP contribution in [0.25, 0.3) is 0 Å². The molecule has 0 aliphatic carbocycles. The van der Waals surface area contributed by atoms with Crippen molar-refractivity contribution < 1.29 is 19.0 Å². The van der Waals surface area contributed by atoms with Gasteiger partial charge in [-0.05, 0) is 61.2 Å². The number of amides is 1. The molecule has 1 aliphatic rings. The number of hydrogen-bond donors (Lipinski definition) is 0. The van der Waals surface area contributed by atoms with E-state index in [1.165, 1.54) is 0 Å². The molecule has 0 saturated carbocycles. The summed E-state index contributed by atoms with van der Waals surface area (Å²) in [5, 5.41) is 0. The Bertz CT molecular complexity index is 1070. The zero-order chi connectivity index (χ0) is 23.0. The fraction of sp³-hybridized carbons (Fsp3) is 0.333. The molecule has 6 heteroatoms. The Labute approximate surface area is 195 Å². The zero-order valence-corrected chi connectivity index (χ0v) is 19.2. The molecule has 3 aromatic rings. The SMILES string of the molecule is CCOc1ccc(C(CCOCc2cccnc2)N2Cc3ccccc3C2=O)cc1OCC. The summed E-state index contributed by atoms with van der Waals surface area (Å²) in [6.07, 6.45) is 4.22. The topological polar surface area (TPSA) is 60.9 Å². The van der Waals surface area contributed by atoms with Crippen LogP contribution in [0.5, 0.6) is 11.5 Å². The third-order valence-corrected chi connectivity index (χ3v) is 5.70. The molecule has 1 aromatic heterocycles. The van der Waals surface area contributed by atoms with Gasteiger partial charge in [0.1, 0.15) is 0 Å². The van der Waals surface area contributed by atoms with Crippen molar-refractivity contribution in [3.05, 3.63) is 89.2 Å². The summed E-state index contributed by atoms with van der Waals surface area (Å²) in [7, 11) is 0. The van der Waals surface area contributed by atoms with E-state index in [-0.39, 0.29) is 11.9 Å². The van der Waals surface area contributed by atoms with Crippen molar-refractivity contribution in [3.8, 4) is 11.5 Å². The molecular formula is C27H30N2O4. The van der Waals surface area contributed by atoms with Crippen LogP contribution in [0.1, 0.15) is 53.4 Å². The highest BCUT2D eigenvalue weighted by Gasteiger charge is 2.33. The van der Waals surface area contributed by atoms with Gasteiger partial charge in [-0.15, -0.1) is 0 Å². The number of carbonyl (C=O) groups excluding carboxylic acids is 1. The summed E-state index contributed by atoms with van der Waals surface area (Å²) in [5.74, 6) is 1.46. The smallest absolute Gasteiger partial charge is 0.255 e. The second-order valence-corrected chi connectivity index (χ2v) is 7.88. The Morgan fingerprint density at radius 2 is 1.82 bits per heavy atom. The minimum absolute atomic E-state index is 0.0507. The lowest BCUT2D eigenvalue weighted by Crippen LogP contribution is -2.30. The van der Waals surface area contributed by atoms with Crippen molar-refractivity contribution in [1.82, 2.24) is 9.88 Å². The number of pyridine rings is 1. The second-order valence-electron chi connectivity index (χ2n) is 7.88. The summed E-state index contributed by atoms with van der Waals surface area (Å²) in [6, 6.07) is 17.5. The van der Waals surface area contributed by atoms with Crippen LogP contribution < -0.4 is 9.47 Å². The highest BCUT2D eigenvalue weighted by molar-refractivity contribution is 5.98. The van der Waals surface area contributed by atoms with E-state index >= 15 is 0 Å². The quantitative estimate of drug-likeness (QED) is 0.380. The standard InChI is InChI=1S/C27H30N2O4/c1-3-32-25-12-11-21(16-26(25)33-4-2)24(13-15-31-19-20-8-7-14-28-17-20)29-18-22-9-5-6-10-23(22)27(29)30/h5-12,14,16-17,24H,3-4,13,15,18-19H2,1-2H3. The van der Waals surface area contributed by atoms with E-state index < -0.39 is 0 Å². The molecule has 33 heavy (non-hydrogen) atoms. The van der Waals surface area contributed by atoms with Crippen molar-refractivity contribution in [2.75, 3.05) is 19.8 Å². The average Bonchev–Trinajstić information content (AvgIpc) is 3.17. The first kappa shape index (κ1) is 22.8. The van der Waals surface area contributed by atoms with E-state index in [1.54, 1.807) is 12.4 Å². The number of aromatic nitrogens is 1. The van der Waals surface area contributed by atoms with Gasteiger partial charge in [0.25, 0.3) is 5.91 Å². The molecule has 1 amide bonds. The van der Waals surface area contributed by atoms with Crippen molar-refractivity contribution in [1.29, 1.82) is 0 Å². The number of ether oxygens (including phenoxy) is 3. The third kappa shape index (κ3) is 5.34. The predicted molar refractivity (Wildman–Crippen MR) is 126 cm³/mol. The van der Waals surface area contributed by atoms with Gasteiger partial charge in [-0.1, -0.05) is 30.3 Å². The van der Waals surface area contributed by atoms with Crippen LogP contribution in [-0.2, 0) is 17.9 Å². The molecule has 1 aliphatic heterocycles. The molecule has 6 nitrogen and oxygen atoms in total. The molecular weight excluding hydrogens is 416 g/mol. The molecule has 2 aromatic carbocycles. The molecule has 1 atom stereocenters. The molecule has 2 heterocycles. The molecule has 0 N–H and O–H groups in total. The summed E-state index contributed by atoms with van der Waals surface area (Å²) in [5.41, 5.74) is 3.86. The van der Waals surface area contributed by atoms with E-state index in [2.05, 4.69) is 4.98 Å². The number of benzene rings is 2. The largest absolute Gasteiger partial charge is 0.490 e. The monoisotopic (exact) mass is 446 g/mol. The van der Waals surface area contributed by atoms with Crippen LogP contribution in [0.4, 0.5) is 0 Å². The molecule has 0 radical (unpaired) electrons. The Morgan fingerprint density at radius 1 is 1.00 bits per heavy atom. The lowest BCUT2D eigenvalue weighted by Gasteiger charge is -2.29. The Morgan fingerprint density at radius 3 is 2.58 bits per heavy atom. The lowest BCUT2D eigenvalue weighted by molar-refractivity contribution is 0.0596. The van der Waals surface area contributed by atoms with Crippen molar-refractivity contribution in [3.63, 3.8) is 0 Å². The Hall–Kier alpha value is -3.38. The van der Waals surface area contributed by atoms with Crippen LogP contribution in [0.15, 0.2) is 67.0 Å². The van der Waals surface area contributed by atoms with E-state index in [0.29, 0.717) is 50.9 Å². The number of fused-ring (bicyclic) bond motifs is 1. The van der Waals surface area contributed by atoms with E-state index in [9.17, 15) is 4.79 Å². The molecule has 0 fully saturated rings. The summed E-state index contributed by atoms with van der Waals surface area (Å²) < 4.78 is 17.5. The zero-order valence-electron chi connectivity index (χ0n) is 19.2. The van der Waals surface area contributed by atoms with Crippen molar-refractivity contribution >= 4 is 5.91 Å². The first-order valence-corrected chi connectivity index (χ1v) is 11.5. The van der Waals surface area contributed by atoms with E-state index in [4.69, 9.17) is 14.2 Å².